The van der Waals surface area contributed by atoms with E-state index in [0.29, 0.717) is 6.54 Å². The predicted molar refractivity (Wildman–Crippen MR) is 76.6 cm³/mol. The summed E-state index contributed by atoms with van der Waals surface area (Å²) in [4.78, 5) is 24.6. The second-order valence-electron chi connectivity index (χ2n) is 5.21. The number of carboxylic acid groups (broad SMARTS) is 1. The summed E-state index contributed by atoms with van der Waals surface area (Å²) in [6, 6.07) is 7.65. The zero-order valence-electron chi connectivity index (χ0n) is 11.3. The highest BCUT2D eigenvalue weighted by Crippen LogP contribution is 2.25. The maximum atomic E-state index is 12.3. The standard InChI is InChI=1S/C14H18BrNO3/c1-14(2,8-12(17)18)13(19)16(3)9-10-6-4-5-7-11(10)15/h4-7H,8-9H2,1-3H3,(H,17,18). The van der Waals surface area contributed by atoms with Gasteiger partial charge in [0.1, 0.15) is 0 Å². The fourth-order valence-corrected chi connectivity index (χ4v) is 2.33. The van der Waals surface area contributed by atoms with E-state index in [-0.39, 0.29) is 12.3 Å². The average Bonchev–Trinajstić information content (AvgIpc) is 2.29. The first kappa shape index (κ1) is 15.7. The first-order valence-electron chi connectivity index (χ1n) is 5.95. The van der Waals surface area contributed by atoms with Gasteiger partial charge in [-0.05, 0) is 11.6 Å². The van der Waals surface area contributed by atoms with Crippen molar-refractivity contribution in [2.24, 2.45) is 5.41 Å². The van der Waals surface area contributed by atoms with E-state index in [0.717, 1.165) is 10.0 Å². The molecule has 0 saturated carbocycles. The smallest absolute Gasteiger partial charge is 0.304 e. The summed E-state index contributed by atoms with van der Waals surface area (Å²) in [7, 11) is 1.69. The maximum Gasteiger partial charge on any atom is 0.304 e. The van der Waals surface area contributed by atoms with Crippen LogP contribution in [0, 0.1) is 5.41 Å². The van der Waals surface area contributed by atoms with Crippen LogP contribution in [-0.4, -0.2) is 28.9 Å². The Balaban J connectivity index is 2.78. The molecular weight excluding hydrogens is 310 g/mol. The van der Waals surface area contributed by atoms with E-state index in [9.17, 15) is 9.59 Å². The molecule has 19 heavy (non-hydrogen) atoms. The van der Waals surface area contributed by atoms with Crippen LogP contribution in [0.5, 0.6) is 0 Å². The van der Waals surface area contributed by atoms with Gasteiger partial charge in [-0.3, -0.25) is 9.59 Å². The molecule has 1 aromatic carbocycles. The molecule has 1 N–H and O–H groups in total. The number of carbonyl (C=O) groups excluding carboxylic acids is 1. The van der Waals surface area contributed by atoms with Crippen molar-refractivity contribution in [2.75, 3.05) is 7.05 Å². The summed E-state index contributed by atoms with van der Waals surface area (Å²) >= 11 is 3.43. The topological polar surface area (TPSA) is 57.6 Å². The van der Waals surface area contributed by atoms with Crippen LogP contribution in [0.3, 0.4) is 0 Å². The third-order valence-corrected chi connectivity index (χ3v) is 3.66. The van der Waals surface area contributed by atoms with Gasteiger partial charge in [-0.2, -0.15) is 0 Å². The van der Waals surface area contributed by atoms with E-state index in [4.69, 9.17) is 5.11 Å². The summed E-state index contributed by atoms with van der Waals surface area (Å²) in [6.45, 7) is 3.75. The molecule has 4 nitrogen and oxygen atoms in total. The maximum absolute atomic E-state index is 12.3. The normalized spacial score (nSPS) is 11.2. The van der Waals surface area contributed by atoms with E-state index in [2.05, 4.69) is 15.9 Å². The molecule has 1 aromatic rings. The van der Waals surface area contributed by atoms with Gasteiger partial charge in [-0.15, -0.1) is 0 Å². The van der Waals surface area contributed by atoms with Crippen LogP contribution in [0.25, 0.3) is 0 Å². The Morgan fingerprint density at radius 2 is 1.89 bits per heavy atom. The fraction of sp³-hybridized carbons (Fsp3) is 0.429. The molecule has 0 saturated heterocycles. The lowest BCUT2D eigenvalue weighted by Gasteiger charge is -2.28. The fourth-order valence-electron chi connectivity index (χ4n) is 1.92. The molecule has 0 radical (unpaired) electrons. The number of aliphatic carboxylic acids is 1. The van der Waals surface area contributed by atoms with Crippen molar-refractivity contribution in [3.05, 3.63) is 34.3 Å². The molecule has 0 fully saturated rings. The van der Waals surface area contributed by atoms with E-state index in [1.54, 1.807) is 25.8 Å². The largest absolute Gasteiger partial charge is 0.481 e. The molecule has 1 rings (SSSR count). The Labute approximate surface area is 121 Å². The van der Waals surface area contributed by atoms with Crippen LogP contribution in [0.1, 0.15) is 25.8 Å². The highest BCUT2D eigenvalue weighted by Gasteiger charge is 2.33. The third-order valence-electron chi connectivity index (χ3n) is 2.88. The van der Waals surface area contributed by atoms with Gasteiger partial charge in [0.15, 0.2) is 0 Å². The summed E-state index contributed by atoms with van der Waals surface area (Å²) in [5.41, 5.74) is 0.0893. The molecule has 0 bridgehead atoms. The number of amides is 1. The van der Waals surface area contributed by atoms with Crippen molar-refractivity contribution in [2.45, 2.75) is 26.8 Å². The molecule has 0 aliphatic carbocycles. The van der Waals surface area contributed by atoms with Crippen molar-refractivity contribution in [3.63, 3.8) is 0 Å². The lowest BCUT2D eigenvalue weighted by Crippen LogP contribution is -2.39. The van der Waals surface area contributed by atoms with Crippen LogP contribution < -0.4 is 0 Å². The van der Waals surface area contributed by atoms with Gasteiger partial charge in [0.05, 0.1) is 11.8 Å². The minimum absolute atomic E-state index is 0.174. The molecule has 5 heteroatoms. The van der Waals surface area contributed by atoms with E-state index in [1.807, 2.05) is 24.3 Å². The highest BCUT2D eigenvalue weighted by atomic mass is 79.9. The molecule has 104 valence electrons. The Morgan fingerprint density at radius 1 is 1.32 bits per heavy atom. The summed E-state index contributed by atoms with van der Waals surface area (Å²) in [6.07, 6.45) is -0.174. The summed E-state index contributed by atoms with van der Waals surface area (Å²) in [5, 5.41) is 8.84. The molecule has 0 aromatic heterocycles. The van der Waals surface area contributed by atoms with Crippen molar-refractivity contribution in [1.82, 2.24) is 4.90 Å². The second-order valence-corrected chi connectivity index (χ2v) is 6.06. The van der Waals surface area contributed by atoms with E-state index >= 15 is 0 Å². The summed E-state index contributed by atoms with van der Waals surface area (Å²) < 4.78 is 0.936. The van der Waals surface area contributed by atoms with Crippen molar-refractivity contribution < 1.29 is 14.7 Å². The van der Waals surface area contributed by atoms with Crippen LogP contribution in [0.4, 0.5) is 0 Å². The van der Waals surface area contributed by atoms with Crippen LogP contribution in [0.2, 0.25) is 0 Å². The molecule has 0 unspecified atom stereocenters. The van der Waals surface area contributed by atoms with Gasteiger partial charge in [0.25, 0.3) is 0 Å². The Morgan fingerprint density at radius 3 is 2.42 bits per heavy atom. The third kappa shape index (κ3) is 4.35. The molecule has 1 amide bonds. The minimum Gasteiger partial charge on any atom is -0.481 e. The van der Waals surface area contributed by atoms with Crippen LogP contribution in [-0.2, 0) is 16.1 Å². The number of hydrogen-bond acceptors (Lipinski definition) is 2. The number of nitrogens with zero attached hydrogens (tertiary/aromatic N) is 1. The van der Waals surface area contributed by atoms with E-state index < -0.39 is 11.4 Å². The molecular formula is C14H18BrNO3. The lowest BCUT2D eigenvalue weighted by molar-refractivity contribution is -0.148. The number of rotatable bonds is 5. The van der Waals surface area contributed by atoms with Crippen molar-refractivity contribution in [1.29, 1.82) is 0 Å². The van der Waals surface area contributed by atoms with Crippen molar-refractivity contribution in [3.8, 4) is 0 Å². The van der Waals surface area contributed by atoms with Crippen molar-refractivity contribution >= 4 is 27.8 Å². The Kier molecular flexibility index (Phi) is 5.11. The molecule has 0 aliphatic heterocycles. The zero-order chi connectivity index (χ0) is 14.6. The summed E-state index contributed by atoms with van der Waals surface area (Å²) in [5.74, 6) is -1.14. The highest BCUT2D eigenvalue weighted by molar-refractivity contribution is 9.10. The molecule has 0 atom stereocenters. The number of carboxylic acids is 1. The Bertz CT molecular complexity index is 485. The van der Waals surface area contributed by atoms with Gasteiger partial charge in [0.2, 0.25) is 5.91 Å². The van der Waals surface area contributed by atoms with Gasteiger partial charge in [-0.1, -0.05) is 48.0 Å². The first-order valence-corrected chi connectivity index (χ1v) is 6.74. The number of hydrogen-bond donors (Lipinski definition) is 1. The number of benzene rings is 1. The lowest BCUT2D eigenvalue weighted by atomic mass is 9.87. The zero-order valence-corrected chi connectivity index (χ0v) is 12.9. The Hall–Kier alpha value is -1.36. The number of carbonyl (C=O) groups is 2. The first-order chi connectivity index (χ1) is 8.74. The molecule has 0 heterocycles. The molecule has 0 spiro atoms. The molecule has 0 aliphatic rings. The van der Waals surface area contributed by atoms with Crippen LogP contribution in [0.15, 0.2) is 28.7 Å². The van der Waals surface area contributed by atoms with E-state index in [1.165, 1.54) is 0 Å². The van der Waals surface area contributed by atoms with Gasteiger partial charge < -0.3 is 10.0 Å². The predicted octanol–water partition coefficient (Wildman–Crippen LogP) is 2.91. The quantitative estimate of drug-likeness (QED) is 0.904. The minimum atomic E-state index is -0.965. The second kappa shape index (κ2) is 6.19. The number of halogens is 1. The van der Waals surface area contributed by atoms with Gasteiger partial charge in [-0.25, -0.2) is 0 Å². The van der Waals surface area contributed by atoms with Crippen LogP contribution >= 0.6 is 15.9 Å². The SMILES string of the molecule is CN(Cc1ccccc1Br)C(=O)C(C)(C)CC(=O)O. The monoisotopic (exact) mass is 327 g/mol. The van der Waals surface area contributed by atoms with Gasteiger partial charge in [0, 0.05) is 18.1 Å². The van der Waals surface area contributed by atoms with Gasteiger partial charge >= 0.3 is 5.97 Å². The average molecular weight is 328 g/mol.